The van der Waals surface area contributed by atoms with Gasteiger partial charge in [-0.2, -0.15) is 16.8 Å². The van der Waals surface area contributed by atoms with Crippen LogP contribution in [0, 0.1) is 13.8 Å². The van der Waals surface area contributed by atoms with E-state index in [2.05, 4.69) is 147 Å². The van der Waals surface area contributed by atoms with Gasteiger partial charge in [0.05, 0.1) is 55.3 Å². The second-order valence-corrected chi connectivity index (χ2v) is 30.3. The largest absolute Gasteiger partial charge is 2.00 e. The maximum atomic E-state index is 12.0. The topological polar surface area (TPSA) is 232 Å². The van der Waals surface area contributed by atoms with Crippen molar-refractivity contribution >= 4 is 113 Å². The smallest absolute Gasteiger partial charge is 0.657 e. The third-order valence-corrected chi connectivity index (χ3v) is 21.6. The first kappa shape index (κ1) is 77.3. The molecule has 0 fully saturated rings. The summed E-state index contributed by atoms with van der Waals surface area (Å²) in [6, 6.07) is 61.1. The van der Waals surface area contributed by atoms with Crippen LogP contribution in [0.15, 0.2) is 253 Å². The van der Waals surface area contributed by atoms with Gasteiger partial charge >= 0.3 is 34.1 Å². The first-order valence-electron chi connectivity index (χ1n) is 35.4. The van der Waals surface area contributed by atoms with Crippen LogP contribution in [-0.2, 0) is 82.6 Å². The molecule has 18 nitrogen and oxygen atoms in total. The zero-order valence-electron chi connectivity index (χ0n) is 61.0. The number of hydrogen-bond acceptors (Lipinski definition) is 8. The SMILES string of the molecule is C.C[n+]1ccc(-c2c3nc(c(-c4cc[n+](C)cc4)c4ccc([n-]4)c(-c4cc[n+](C)cc4)c4nc(c(-c5cc[n+](C)cc5)c5ccc2[n-]5)C=C4)C=C3)cc1.Cc1ccc(-c2c3nc(c(-c4ccc(S(=O)(=O)O)cc4)c4ccc([n-]4)c(-c4ccc(S(=O)(=O)O)cc4)c4nc(c(-c5ccc(C)cc5)c5ccc2[n-]5)C=C4)C=C3)cc1.[Cu+2].[Cu+2]. The van der Waals surface area contributed by atoms with E-state index in [1.807, 2.05) is 157 Å². The summed E-state index contributed by atoms with van der Waals surface area (Å²) in [5, 5.41) is 0. The third-order valence-electron chi connectivity index (χ3n) is 19.8. The number of nitrogens with zero attached hydrogens (tertiary/aromatic N) is 12. The second-order valence-electron chi connectivity index (χ2n) is 27.5. The Labute approximate surface area is 674 Å². The Balaban J connectivity index is 0.000000183. The predicted molar refractivity (Wildman–Crippen MR) is 438 cm³/mol. The second kappa shape index (κ2) is 31.4. The quantitative estimate of drug-likeness (QED) is 0.0737. The van der Waals surface area contributed by atoms with E-state index >= 15 is 0 Å². The summed E-state index contributed by atoms with van der Waals surface area (Å²) in [5.41, 5.74) is 27.7. The van der Waals surface area contributed by atoms with Crippen LogP contribution in [0.1, 0.15) is 64.1 Å². The Morgan fingerprint density at radius 2 is 0.398 bits per heavy atom. The Morgan fingerprint density at radius 1 is 0.248 bits per heavy atom. The summed E-state index contributed by atoms with van der Waals surface area (Å²) in [4.78, 5) is 41.7. The van der Waals surface area contributed by atoms with Crippen LogP contribution in [0.3, 0.4) is 0 Å². The molecule has 0 unspecified atom stereocenters. The van der Waals surface area contributed by atoms with Crippen molar-refractivity contribution in [2.24, 2.45) is 28.2 Å². The van der Waals surface area contributed by atoms with Crippen LogP contribution in [0.25, 0.3) is 182 Å². The molecule has 2 N–H and O–H groups in total. The first-order valence-corrected chi connectivity index (χ1v) is 38.3. The molecule has 0 saturated carbocycles. The molecule has 0 saturated heterocycles. The zero-order chi connectivity index (χ0) is 75.7. The Morgan fingerprint density at radius 3 is 0.558 bits per heavy atom. The van der Waals surface area contributed by atoms with Gasteiger partial charge in [0, 0.05) is 48.5 Å². The maximum Gasteiger partial charge on any atom is 2.00 e. The van der Waals surface area contributed by atoms with E-state index < -0.39 is 20.2 Å². The summed E-state index contributed by atoms with van der Waals surface area (Å²) >= 11 is 0. The van der Waals surface area contributed by atoms with Gasteiger partial charge in [0.25, 0.3) is 20.2 Å². The van der Waals surface area contributed by atoms with E-state index in [1.165, 1.54) is 24.3 Å². The van der Waals surface area contributed by atoms with Crippen LogP contribution in [-0.4, -0.2) is 45.9 Å². The molecule has 0 atom stereocenters. The van der Waals surface area contributed by atoms with Crippen LogP contribution in [0.5, 0.6) is 0 Å². The summed E-state index contributed by atoms with van der Waals surface area (Å²) in [6.45, 7) is 4.06. The molecule has 22 heteroatoms. The summed E-state index contributed by atoms with van der Waals surface area (Å²) < 4.78 is 75.6. The standard InChI is InChI=1S/C46H32N4O6S2.C44H36N8.CH4.2Cu/c1-27-3-7-29(8-4-27)43-35-19-20-36(47-35)44(30-9-5-28(2)6-10-30)38-22-24-40(49-38)46(32-13-17-34(18-14-32)58(54,55)56)42-26-25-41(50-42)45(39-23-21-37(43)48-39)31-11-15-33(16-12-31)57(51,52)53;1-49-21-13-29(14-22-49)41-33-5-7-35(45-33)42(30-15-23-50(2)24-16-30)37-9-11-39(47-37)44(32-19-27-52(4)28-20-32)40-12-10-38(48-40)43(36-8-6-34(41)46-36)31-17-25-51(3)26-18-31;;;/h3-26H,1-2H3,(H,51,52,53)(H,54,55,56);5-28H,1-4H3;1H4;;/q-2;+2;;2*+2. The van der Waals surface area contributed by atoms with Gasteiger partial charge in [-0.1, -0.05) is 140 Å². The molecule has 0 spiro atoms. The van der Waals surface area contributed by atoms with Gasteiger partial charge in [-0.3, -0.25) is 9.11 Å². The summed E-state index contributed by atoms with van der Waals surface area (Å²) in [7, 11) is -0.813. The van der Waals surface area contributed by atoms with Gasteiger partial charge in [0.1, 0.15) is 28.2 Å². The molecule has 4 aliphatic heterocycles. The maximum absolute atomic E-state index is 12.0. The van der Waals surface area contributed by atoms with Crippen molar-refractivity contribution in [1.82, 2.24) is 39.9 Å². The van der Waals surface area contributed by atoms with Gasteiger partial charge in [-0.05, 0) is 176 Å². The molecule has 562 valence electrons. The molecular weight excluding hydrogens is 1550 g/mol. The van der Waals surface area contributed by atoms with E-state index in [1.54, 1.807) is 24.3 Å². The minimum atomic E-state index is -4.45. The number of benzene rings is 4. The van der Waals surface area contributed by atoms with Crippen LogP contribution >= 0.6 is 0 Å². The Kier molecular flexibility index (Phi) is 21.4. The molecule has 2 radical (unpaired) electrons. The van der Waals surface area contributed by atoms with Crippen LogP contribution in [0.2, 0.25) is 0 Å². The van der Waals surface area contributed by atoms with Gasteiger partial charge in [0.2, 0.25) is 0 Å². The number of aryl methyl sites for hydroxylation is 6. The van der Waals surface area contributed by atoms with E-state index in [9.17, 15) is 25.9 Å². The summed E-state index contributed by atoms with van der Waals surface area (Å²) in [6.07, 6.45) is 32.5. The minimum Gasteiger partial charge on any atom is -0.657 e. The monoisotopic (exact) mass is 1620 g/mol. The zero-order valence-corrected chi connectivity index (χ0v) is 64.5. The Bertz CT molecular complexity index is 6250. The molecule has 18 rings (SSSR count). The van der Waals surface area contributed by atoms with E-state index in [0.717, 1.165) is 123 Å². The molecule has 4 aliphatic rings. The fourth-order valence-corrected chi connectivity index (χ4v) is 15.2. The van der Waals surface area contributed by atoms with Gasteiger partial charge < -0.3 is 19.9 Å². The van der Waals surface area contributed by atoms with E-state index in [0.29, 0.717) is 67.1 Å². The van der Waals surface area contributed by atoms with Crippen molar-refractivity contribution in [2.45, 2.75) is 31.1 Å². The average molecular weight is 1620 g/mol. The van der Waals surface area contributed by atoms with E-state index in [-0.39, 0.29) is 51.4 Å². The number of aromatic nitrogens is 12. The number of hydrogen-bond donors (Lipinski definition) is 2. The fourth-order valence-electron chi connectivity index (χ4n) is 14.2. The average Bonchev–Trinajstić information content (AvgIpc) is 1.62. The molecule has 14 aromatic rings. The molecule has 14 heterocycles. The Hall–Kier alpha value is -12.5. The number of fused-ring (bicyclic) bond motifs is 16. The minimum absolute atomic E-state index is 0. The van der Waals surface area contributed by atoms with Gasteiger partial charge in [0.15, 0.2) is 49.6 Å². The van der Waals surface area contributed by atoms with Crippen molar-refractivity contribution in [3.8, 4) is 89.0 Å². The first-order chi connectivity index (χ1) is 53.2. The molecule has 4 aromatic carbocycles. The van der Waals surface area contributed by atoms with Crippen molar-refractivity contribution in [3.05, 3.63) is 300 Å². The van der Waals surface area contributed by atoms with Crippen molar-refractivity contribution < 1.29 is 78.3 Å². The molecular formula is C91H72Cu2N12O6S2+4. The number of rotatable bonds is 10. The van der Waals surface area contributed by atoms with Crippen molar-refractivity contribution in [3.63, 3.8) is 0 Å². The summed E-state index contributed by atoms with van der Waals surface area (Å²) in [5.74, 6) is 0. The molecule has 16 bridgehead atoms. The van der Waals surface area contributed by atoms with E-state index in [4.69, 9.17) is 39.9 Å². The normalized spacial score (nSPS) is 12.0. The van der Waals surface area contributed by atoms with Crippen molar-refractivity contribution in [1.29, 1.82) is 0 Å². The predicted octanol–water partition coefficient (Wildman–Crippen LogP) is 16.2. The molecule has 113 heavy (non-hydrogen) atoms. The van der Waals surface area contributed by atoms with Gasteiger partial charge in [-0.25, -0.2) is 38.2 Å². The van der Waals surface area contributed by atoms with Crippen LogP contribution in [0.4, 0.5) is 0 Å². The van der Waals surface area contributed by atoms with Crippen molar-refractivity contribution in [2.75, 3.05) is 0 Å². The molecule has 10 aromatic heterocycles. The third kappa shape index (κ3) is 15.5. The van der Waals surface area contributed by atoms with Gasteiger partial charge in [-0.15, -0.1) is 44.1 Å². The fraction of sp³-hybridized carbons (Fsp3) is 0.0769. The van der Waals surface area contributed by atoms with Crippen LogP contribution < -0.4 is 38.2 Å². The molecule has 0 amide bonds. The number of pyridine rings is 4. The molecule has 0 aliphatic carbocycles.